The summed E-state index contributed by atoms with van der Waals surface area (Å²) >= 11 is 0. The van der Waals surface area contributed by atoms with Crippen molar-refractivity contribution in [2.75, 3.05) is 26.0 Å². The minimum Gasteiger partial charge on any atom is -0.367 e. The molecule has 21 heavy (non-hydrogen) atoms. The molecule has 1 unspecified atom stereocenters. The van der Waals surface area contributed by atoms with Gasteiger partial charge in [-0.3, -0.25) is 9.78 Å². The normalized spacial score (nSPS) is 13.0. The molecule has 0 radical (unpaired) electrons. The van der Waals surface area contributed by atoms with E-state index in [4.69, 9.17) is 0 Å². The van der Waals surface area contributed by atoms with E-state index in [0.29, 0.717) is 0 Å². The molecule has 3 aromatic rings. The number of nitrogens with one attached hydrogen (secondary N) is 2. The topological polar surface area (TPSA) is 87.5 Å². The fourth-order valence-electron chi connectivity index (χ4n) is 2.31. The lowest BCUT2D eigenvalue weighted by Crippen LogP contribution is -2.26. The Morgan fingerprint density at radius 2 is 2.19 bits per heavy atom. The highest BCUT2D eigenvalue weighted by Crippen LogP contribution is 2.20. The van der Waals surface area contributed by atoms with Crippen LogP contribution in [0.25, 0.3) is 11.0 Å². The Kier molecular flexibility index (Phi) is 3.53. The summed E-state index contributed by atoms with van der Waals surface area (Å²) in [5, 5.41) is 15.3. The predicted octanol–water partition coefficient (Wildman–Crippen LogP) is 0.801. The van der Waals surface area contributed by atoms with E-state index < -0.39 is 0 Å². The zero-order valence-electron chi connectivity index (χ0n) is 12.3. The zero-order valence-corrected chi connectivity index (χ0v) is 12.3. The summed E-state index contributed by atoms with van der Waals surface area (Å²) < 4.78 is 1.81. The number of aryl methyl sites for hydroxylation is 1. The first-order valence-corrected chi connectivity index (χ1v) is 6.68. The van der Waals surface area contributed by atoms with Crippen molar-refractivity contribution in [2.24, 2.45) is 7.05 Å². The number of fused-ring (bicyclic) bond motifs is 1. The molecule has 3 rings (SSSR count). The predicted molar refractivity (Wildman–Crippen MR) is 79.8 cm³/mol. The minimum atomic E-state index is 0.204. The largest absolute Gasteiger partial charge is 0.367 e. The van der Waals surface area contributed by atoms with Crippen molar-refractivity contribution in [3.63, 3.8) is 0 Å². The average molecular weight is 286 g/mol. The molecule has 0 saturated heterocycles. The van der Waals surface area contributed by atoms with Gasteiger partial charge in [-0.15, -0.1) is 0 Å². The summed E-state index contributed by atoms with van der Waals surface area (Å²) in [7, 11) is 6.02. The van der Waals surface area contributed by atoms with Gasteiger partial charge in [0.25, 0.3) is 0 Å². The van der Waals surface area contributed by atoms with Crippen LogP contribution in [0.5, 0.6) is 0 Å². The van der Waals surface area contributed by atoms with Crippen LogP contribution in [-0.4, -0.2) is 55.5 Å². The van der Waals surface area contributed by atoms with Crippen LogP contribution in [0.3, 0.4) is 0 Å². The second-order valence-electron chi connectivity index (χ2n) is 5.16. The van der Waals surface area contributed by atoms with E-state index in [1.165, 1.54) is 6.33 Å². The third kappa shape index (κ3) is 2.70. The molecule has 0 aliphatic carbocycles. The van der Waals surface area contributed by atoms with Crippen molar-refractivity contribution in [3.05, 3.63) is 30.5 Å². The molecule has 110 valence electrons. The number of aromatic amines is 1. The van der Waals surface area contributed by atoms with Gasteiger partial charge >= 0.3 is 0 Å². The summed E-state index contributed by atoms with van der Waals surface area (Å²) in [6, 6.07) is 0.204. The highest BCUT2D eigenvalue weighted by atomic mass is 15.2. The summed E-state index contributed by atoms with van der Waals surface area (Å²) in [5.74, 6) is 0.782. The SMILES string of the molecule is CN(C)C(CNc1ncnc2[nH]ncc12)c1cnn(C)c1. The van der Waals surface area contributed by atoms with Crippen molar-refractivity contribution in [1.82, 2.24) is 34.8 Å². The Bertz CT molecular complexity index is 728. The van der Waals surface area contributed by atoms with Gasteiger partial charge in [0.05, 0.1) is 23.8 Å². The van der Waals surface area contributed by atoms with Gasteiger partial charge in [0, 0.05) is 25.4 Å². The Hall–Kier alpha value is -2.48. The third-order valence-corrected chi connectivity index (χ3v) is 3.44. The second-order valence-corrected chi connectivity index (χ2v) is 5.16. The molecule has 0 amide bonds. The summed E-state index contributed by atoms with van der Waals surface area (Å²) in [4.78, 5) is 10.6. The van der Waals surface area contributed by atoms with Crippen LogP contribution in [0.15, 0.2) is 24.9 Å². The first-order valence-electron chi connectivity index (χ1n) is 6.68. The Morgan fingerprint density at radius 1 is 1.33 bits per heavy atom. The third-order valence-electron chi connectivity index (χ3n) is 3.44. The monoisotopic (exact) mass is 286 g/mol. The van der Waals surface area contributed by atoms with Crippen LogP contribution in [0.2, 0.25) is 0 Å². The van der Waals surface area contributed by atoms with Gasteiger partial charge in [-0.1, -0.05) is 0 Å². The molecule has 3 heterocycles. The van der Waals surface area contributed by atoms with Crippen molar-refractivity contribution < 1.29 is 0 Å². The molecule has 8 heteroatoms. The standard InChI is InChI=1S/C13H18N8/c1-20(2)11(9-4-18-21(3)7-9)6-14-12-10-5-17-19-13(10)16-8-15-12/h4-5,7-8,11H,6H2,1-3H3,(H2,14,15,16,17,19). The lowest BCUT2D eigenvalue weighted by Gasteiger charge is -2.23. The number of likely N-dealkylation sites (N-methyl/N-ethyl adjacent to an activating group) is 1. The lowest BCUT2D eigenvalue weighted by molar-refractivity contribution is 0.311. The van der Waals surface area contributed by atoms with E-state index in [2.05, 4.69) is 35.5 Å². The van der Waals surface area contributed by atoms with Gasteiger partial charge in [0.2, 0.25) is 0 Å². The summed E-state index contributed by atoms with van der Waals surface area (Å²) in [6.45, 7) is 0.718. The second kappa shape index (κ2) is 5.49. The van der Waals surface area contributed by atoms with Gasteiger partial charge in [-0.2, -0.15) is 10.2 Å². The molecule has 2 N–H and O–H groups in total. The quantitative estimate of drug-likeness (QED) is 0.721. The molecular weight excluding hydrogens is 268 g/mol. The molecule has 1 atom stereocenters. The molecule has 8 nitrogen and oxygen atoms in total. The minimum absolute atomic E-state index is 0.204. The number of anilines is 1. The van der Waals surface area contributed by atoms with Gasteiger partial charge in [-0.05, 0) is 14.1 Å². The maximum absolute atomic E-state index is 4.29. The summed E-state index contributed by atoms with van der Waals surface area (Å²) in [5.41, 5.74) is 1.89. The number of H-pyrrole nitrogens is 1. The molecule has 0 saturated carbocycles. The number of aromatic nitrogens is 6. The van der Waals surface area contributed by atoms with Crippen molar-refractivity contribution in [1.29, 1.82) is 0 Å². The fraction of sp³-hybridized carbons (Fsp3) is 0.385. The Morgan fingerprint density at radius 3 is 2.90 bits per heavy atom. The first kappa shape index (κ1) is 13.5. The van der Waals surface area contributed by atoms with Crippen LogP contribution in [0, 0.1) is 0 Å². The Labute approximate surface area is 122 Å². The molecular formula is C13H18N8. The zero-order chi connectivity index (χ0) is 14.8. The van der Waals surface area contributed by atoms with E-state index in [0.717, 1.165) is 29.0 Å². The maximum atomic E-state index is 4.29. The number of nitrogens with zero attached hydrogens (tertiary/aromatic N) is 6. The molecule has 0 aliphatic heterocycles. The number of hydrogen-bond donors (Lipinski definition) is 2. The van der Waals surface area contributed by atoms with Gasteiger partial charge in [0.1, 0.15) is 12.1 Å². The van der Waals surface area contributed by atoms with Crippen molar-refractivity contribution in [3.8, 4) is 0 Å². The van der Waals surface area contributed by atoms with E-state index in [1.807, 2.05) is 38.2 Å². The van der Waals surface area contributed by atoms with Crippen LogP contribution in [0.1, 0.15) is 11.6 Å². The van der Waals surface area contributed by atoms with Crippen molar-refractivity contribution in [2.45, 2.75) is 6.04 Å². The van der Waals surface area contributed by atoms with Crippen LogP contribution >= 0.6 is 0 Å². The number of rotatable bonds is 5. The molecule has 3 aromatic heterocycles. The molecule has 0 bridgehead atoms. The molecule has 0 spiro atoms. The molecule has 0 aromatic carbocycles. The van der Waals surface area contributed by atoms with Gasteiger partial charge in [-0.25, -0.2) is 9.97 Å². The van der Waals surface area contributed by atoms with Crippen LogP contribution in [-0.2, 0) is 7.05 Å². The number of hydrogen-bond acceptors (Lipinski definition) is 6. The van der Waals surface area contributed by atoms with E-state index >= 15 is 0 Å². The van der Waals surface area contributed by atoms with E-state index in [-0.39, 0.29) is 6.04 Å². The first-order chi connectivity index (χ1) is 10.1. The molecule has 0 fully saturated rings. The highest BCUT2D eigenvalue weighted by Gasteiger charge is 2.16. The fourth-order valence-corrected chi connectivity index (χ4v) is 2.31. The maximum Gasteiger partial charge on any atom is 0.160 e. The van der Waals surface area contributed by atoms with E-state index in [9.17, 15) is 0 Å². The van der Waals surface area contributed by atoms with Gasteiger partial charge < -0.3 is 10.2 Å². The summed E-state index contributed by atoms with van der Waals surface area (Å²) in [6.07, 6.45) is 7.17. The Balaban J connectivity index is 1.80. The van der Waals surface area contributed by atoms with Gasteiger partial charge in [0.15, 0.2) is 5.65 Å². The molecule has 0 aliphatic rings. The van der Waals surface area contributed by atoms with Crippen molar-refractivity contribution >= 4 is 16.9 Å². The lowest BCUT2D eigenvalue weighted by atomic mass is 10.1. The average Bonchev–Trinajstić information content (AvgIpc) is 3.08. The smallest absolute Gasteiger partial charge is 0.160 e. The van der Waals surface area contributed by atoms with Crippen LogP contribution in [0.4, 0.5) is 5.82 Å². The van der Waals surface area contributed by atoms with Crippen LogP contribution < -0.4 is 5.32 Å². The van der Waals surface area contributed by atoms with E-state index in [1.54, 1.807) is 6.20 Å². The highest BCUT2D eigenvalue weighted by molar-refractivity contribution is 5.85.